The van der Waals surface area contributed by atoms with Crippen LogP contribution in [-0.2, 0) is 22.7 Å². The van der Waals surface area contributed by atoms with Crippen LogP contribution >= 0.6 is 12.4 Å². The number of ether oxygens (including phenoxy) is 1. The van der Waals surface area contributed by atoms with Gasteiger partial charge in [0.25, 0.3) is 0 Å². The molecule has 0 aliphatic rings. The standard InChI is InChI=1S/C14H22N2O2.ClH/c1-3-8-18-11-13-7-5-4-6-12(13)9-16-14(17)10-15-2;/h4-7,15H,3,8-11H2,1-2H3,(H,16,17);1H. The second kappa shape index (κ2) is 10.8. The van der Waals surface area contributed by atoms with Gasteiger partial charge in [-0.25, -0.2) is 0 Å². The van der Waals surface area contributed by atoms with E-state index in [2.05, 4.69) is 17.6 Å². The zero-order valence-corrected chi connectivity index (χ0v) is 12.4. The van der Waals surface area contributed by atoms with Gasteiger partial charge < -0.3 is 15.4 Å². The van der Waals surface area contributed by atoms with Crippen molar-refractivity contribution in [3.05, 3.63) is 35.4 Å². The Balaban J connectivity index is 0.00000324. The summed E-state index contributed by atoms with van der Waals surface area (Å²) in [6.07, 6.45) is 1.01. The highest BCUT2D eigenvalue weighted by atomic mass is 35.5. The first-order chi connectivity index (χ1) is 8.77. The first-order valence-electron chi connectivity index (χ1n) is 6.33. The fourth-order valence-corrected chi connectivity index (χ4v) is 1.61. The normalized spacial score (nSPS) is 9.79. The molecule has 2 N–H and O–H groups in total. The summed E-state index contributed by atoms with van der Waals surface area (Å²) >= 11 is 0. The maximum absolute atomic E-state index is 11.4. The average Bonchev–Trinajstić information content (AvgIpc) is 2.38. The molecule has 0 heterocycles. The van der Waals surface area contributed by atoms with Crippen LogP contribution in [-0.4, -0.2) is 26.1 Å². The Hall–Kier alpha value is -1.10. The highest BCUT2D eigenvalue weighted by molar-refractivity contribution is 5.85. The van der Waals surface area contributed by atoms with Crippen molar-refractivity contribution >= 4 is 18.3 Å². The molecule has 19 heavy (non-hydrogen) atoms. The minimum Gasteiger partial charge on any atom is -0.377 e. The predicted octanol–water partition coefficient (Wildman–Crippen LogP) is 1.87. The molecule has 0 aromatic heterocycles. The van der Waals surface area contributed by atoms with E-state index < -0.39 is 0 Å². The van der Waals surface area contributed by atoms with Gasteiger partial charge in [0.15, 0.2) is 0 Å². The Bertz CT molecular complexity index is 372. The van der Waals surface area contributed by atoms with Gasteiger partial charge in [-0.15, -0.1) is 12.4 Å². The smallest absolute Gasteiger partial charge is 0.234 e. The number of likely N-dealkylation sites (N-methyl/N-ethyl adjacent to an activating group) is 1. The van der Waals surface area contributed by atoms with Crippen LogP contribution in [0.25, 0.3) is 0 Å². The molecular weight excluding hydrogens is 264 g/mol. The van der Waals surface area contributed by atoms with Gasteiger partial charge in [0, 0.05) is 13.2 Å². The average molecular weight is 287 g/mol. The zero-order chi connectivity index (χ0) is 13.2. The fraction of sp³-hybridized carbons (Fsp3) is 0.500. The molecular formula is C14H23ClN2O2. The summed E-state index contributed by atoms with van der Waals surface area (Å²) in [5.41, 5.74) is 2.24. The second-order valence-electron chi connectivity index (χ2n) is 4.13. The lowest BCUT2D eigenvalue weighted by Gasteiger charge is -2.11. The van der Waals surface area contributed by atoms with Gasteiger partial charge in [0.1, 0.15) is 0 Å². The van der Waals surface area contributed by atoms with Gasteiger partial charge >= 0.3 is 0 Å². The lowest BCUT2D eigenvalue weighted by atomic mass is 10.1. The third kappa shape index (κ3) is 7.15. The van der Waals surface area contributed by atoms with Crippen LogP contribution in [0.2, 0.25) is 0 Å². The van der Waals surface area contributed by atoms with E-state index in [4.69, 9.17) is 4.74 Å². The van der Waals surface area contributed by atoms with Crippen LogP contribution in [0.4, 0.5) is 0 Å². The van der Waals surface area contributed by atoms with Crippen LogP contribution < -0.4 is 10.6 Å². The van der Waals surface area contributed by atoms with Crippen molar-refractivity contribution in [2.75, 3.05) is 20.2 Å². The number of nitrogens with one attached hydrogen (secondary N) is 2. The summed E-state index contributed by atoms with van der Waals surface area (Å²) in [4.78, 5) is 11.4. The molecule has 5 heteroatoms. The molecule has 1 aromatic carbocycles. The van der Waals surface area contributed by atoms with Gasteiger partial charge in [-0.3, -0.25) is 4.79 Å². The van der Waals surface area contributed by atoms with Gasteiger partial charge in [-0.05, 0) is 24.6 Å². The van der Waals surface area contributed by atoms with Gasteiger partial charge in [-0.1, -0.05) is 31.2 Å². The van der Waals surface area contributed by atoms with Crippen molar-refractivity contribution in [1.29, 1.82) is 0 Å². The lowest BCUT2D eigenvalue weighted by Crippen LogP contribution is -2.31. The van der Waals surface area contributed by atoms with Gasteiger partial charge in [0.2, 0.25) is 5.91 Å². The van der Waals surface area contributed by atoms with E-state index in [1.807, 2.05) is 24.3 Å². The highest BCUT2D eigenvalue weighted by Gasteiger charge is 2.04. The molecule has 0 saturated heterocycles. The second-order valence-corrected chi connectivity index (χ2v) is 4.13. The summed E-state index contributed by atoms with van der Waals surface area (Å²) in [6, 6.07) is 8.02. The third-order valence-corrected chi connectivity index (χ3v) is 2.54. The Labute approximate surface area is 121 Å². The van der Waals surface area contributed by atoms with E-state index >= 15 is 0 Å². The molecule has 0 aliphatic carbocycles. The number of carbonyl (C=O) groups is 1. The van der Waals surface area contributed by atoms with Crippen LogP contribution in [0.1, 0.15) is 24.5 Å². The van der Waals surface area contributed by atoms with Crippen molar-refractivity contribution in [2.45, 2.75) is 26.5 Å². The van der Waals surface area contributed by atoms with E-state index in [-0.39, 0.29) is 18.3 Å². The van der Waals surface area contributed by atoms with Crippen molar-refractivity contribution in [3.8, 4) is 0 Å². The molecule has 0 spiro atoms. The highest BCUT2D eigenvalue weighted by Crippen LogP contribution is 2.10. The number of benzene rings is 1. The number of hydrogen-bond acceptors (Lipinski definition) is 3. The minimum absolute atomic E-state index is 0. The summed E-state index contributed by atoms with van der Waals surface area (Å²) < 4.78 is 5.54. The molecule has 4 nitrogen and oxygen atoms in total. The summed E-state index contributed by atoms with van der Waals surface area (Å²) in [5.74, 6) is 0.00165. The maximum atomic E-state index is 11.4. The van der Waals surface area contributed by atoms with Gasteiger partial charge in [0.05, 0.1) is 13.2 Å². The fourth-order valence-electron chi connectivity index (χ4n) is 1.61. The predicted molar refractivity (Wildman–Crippen MR) is 79.4 cm³/mol. The van der Waals surface area contributed by atoms with E-state index in [1.165, 1.54) is 0 Å². The lowest BCUT2D eigenvalue weighted by molar-refractivity contribution is -0.120. The minimum atomic E-state index is 0. The molecule has 0 aliphatic heterocycles. The Morgan fingerprint density at radius 3 is 2.58 bits per heavy atom. The topological polar surface area (TPSA) is 50.4 Å². The summed E-state index contributed by atoms with van der Waals surface area (Å²) in [7, 11) is 1.76. The van der Waals surface area contributed by atoms with Crippen LogP contribution in [0.5, 0.6) is 0 Å². The van der Waals surface area contributed by atoms with Crippen molar-refractivity contribution in [1.82, 2.24) is 10.6 Å². The van der Waals surface area contributed by atoms with E-state index in [0.717, 1.165) is 24.2 Å². The van der Waals surface area contributed by atoms with Crippen LogP contribution in [0, 0.1) is 0 Å². The Morgan fingerprint density at radius 1 is 1.26 bits per heavy atom. The van der Waals surface area contributed by atoms with E-state index in [0.29, 0.717) is 19.7 Å². The first kappa shape index (κ1) is 17.9. The Morgan fingerprint density at radius 2 is 1.95 bits per heavy atom. The SMILES string of the molecule is CCCOCc1ccccc1CNC(=O)CNC.Cl. The number of hydrogen-bond donors (Lipinski definition) is 2. The number of halogens is 1. The van der Waals surface area contributed by atoms with Crippen molar-refractivity contribution in [2.24, 2.45) is 0 Å². The molecule has 0 bridgehead atoms. The largest absolute Gasteiger partial charge is 0.377 e. The zero-order valence-electron chi connectivity index (χ0n) is 11.6. The summed E-state index contributed by atoms with van der Waals surface area (Å²) in [5, 5.41) is 5.70. The molecule has 0 unspecified atom stereocenters. The van der Waals surface area contributed by atoms with Crippen molar-refractivity contribution < 1.29 is 9.53 Å². The molecule has 1 aromatic rings. The summed E-state index contributed by atoms with van der Waals surface area (Å²) in [6.45, 7) is 4.34. The van der Waals surface area contributed by atoms with Gasteiger partial charge in [-0.2, -0.15) is 0 Å². The van der Waals surface area contributed by atoms with Crippen LogP contribution in [0.3, 0.4) is 0 Å². The molecule has 0 radical (unpaired) electrons. The Kier molecular flexibility index (Phi) is 10.2. The third-order valence-electron chi connectivity index (χ3n) is 2.54. The number of amides is 1. The first-order valence-corrected chi connectivity index (χ1v) is 6.33. The molecule has 0 atom stereocenters. The number of carbonyl (C=O) groups excluding carboxylic acids is 1. The molecule has 1 amide bonds. The molecule has 108 valence electrons. The van der Waals surface area contributed by atoms with E-state index in [9.17, 15) is 4.79 Å². The maximum Gasteiger partial charge on any atom is 0.234 e. The van der Waals surface area contributed by atoms with E-state index in [1.54, 1.807) is 7.05 Å². The quantitative estimate of drug-likeness (QED) is 0.718. The van der Waals surface area contributed by atoms with Crippen molar-refractivity contribution in [3.63, 3.8) is 0 Å². The molecule has 1 rings (SSSR count). The van der Waals surface area contributed by atoms with Crippen LogP contribution in [0.15, 0.2) is 24.3 Å². The molecule has 0 fully saturated rings. The molecule has 0 saturated carbocycles. The monoisotopic (exact) mass is 286 g/mol. The number of rotatable bonds is 8.